The predicted octanol–water partition coefficient (Wildman–Crippen LogP) is 3.95. The number of nitrogens with zero attached hydrogens (tertiary/aromatic N) is 2. The molecular formula is C22H31N3O4S2. The molecule has 9 heteroatoms. The summed E-state index contributed by atoms with van der Waals surface area (Å²) < 4.78 is 33.2. The van der Waals surface area contributed by atoms with Gasteiger partial charge in [0, 0.05) is 24.8 Å². The van der Waals surface area contributed by atoms with Gasteiger partial charge in [-0.15, -0.1) is 0 Å². The quantitative estimate of drug-likeness (QED) is 0.575. The van der Waals surface area contributed by atoms with Crippen LogP contribution in [0, 0.1) is 0 Å². The molecule has 1 N–H and O–H groups in total. The first-order valence-electron chi connectivity index (χ1n) is 10.7. The van der Waals surface area contributed by atoms with Crippen LogP contribution >= 0.6 is 11.3 Å². The molecule has 0 spiro atoms. The molecule has 1 aromatic carbocycles. The minimum absolute atomic E-state index is 0.0770. The van der Waals surface area contributed by atoms with Crippen LogP contribution in [0.15, 0.2) is 39.9 Å². The Morgan fingerprint density at radius 3 is 2.68 bits per heavy atom. The van der Waals surface area contributed by atoms with E-state index in [1.54, 1.807) is 37.3 Å². The minimum atomic E-state index is -3.73. The molecule has 1 aliphatic heterocycles. The van der Waals surface area contributed by atoms with Gasteiger partial charge in [0.05, 0.1) is 13.2 Å². The highest BCUT2D eigenvalue weighted by Crippen LogP contribution is 2.33. The molecule has 170 valence electrons. The van der Waals surface area contributed by atoms with Crippen molar-refractivity contribution in [3.63, 3.8) is 0 Å². The van der Waals surface area contributed by atoms with E-state index in [4.69, 9.17) is 4.74 Å². The number of thiophene rings is 1. The van der Waals surface area contributed by atoms with Crippen LogP contribution in [-0.2, 0) is 14.8 Å². The SMILES string of the molecule is CCOc1ccc(NC(=O)CN2CCCC2c2ccsc2)cc1S(=O)(=O)N(CC)CC. The van der Waals surface area contributed by atoms with Crippen LogP contribution in [0.5, 0.6) is 5.75 Å². The number of nitrogens with one attached hydrogen (secondary N) is 1. The molecule has 0 radical (unpaired) electrons. The molecule has 0 bridgehead atoms. The molecule has 3 rings (SSSR count). The van der Waals surface area contributed by atoms with Crippen LogP contribution < -0.4 is 10.1 Å². The third kappa shape index (κ3) is 5.46. The molecule has 1 amide bonds. The highest BCUT2D eigenvalue weighted by Gasteiger charge is 2.29. The van der Waals surface area contributed by atoms with Crippen LogP contribution in [0.3, 0.4) is 0 Å². The number of amides is 1. The zero-order chi connectivity index (χ0) is 22.4. The lowest BCUT2D eigenvalue weighted by molar-refractivity contribution is -0.117. The number of carbonyl (C=O) groups excluding carboxylic acids is 1. The molecule has 1 saturated heterocycles. The summed E-state index contributed by atoms with van der Waals surface area (Å²) in [6.45, 7) is 7.62. The number of ether oxygens (including phenoxy) is 1. The van der Waals surface area contributed by atoms with Gasteiger partial charge in [-0.2, -0.15) is 15.6 Å². The van der Waals surface area contributed by atoms with E-state index in [0.29, 0.717) is 31.1 Å². The second kappa shape index (κ2) is 10.6. The van der Waals surface area contributed by atoms with Gasteiger partial charge >= 0.3 is 0 Å². The van der Waals surface area contributed by atoms with E-state index >= 15 is 0 Å². The molecule has 1 fully saturated rings. The van der Waals surface area contributed by atoms with E-state index in [9.17, 15) is 13.2 Å². The topological polar surface area (TPSA) is 79.0 Å². The van der Waals surface area contributed by atoms with Crippen LogP contribution in [0.25, 0.3) is 0 Å². The second-order valence-electron chi connectivity index (χ2n) is 7.42. The van der Waals surface area contributed by atoms with Crippen LogP contribution in [-0.4, -0.2) is 56.3 Å². The van der Waals surface area contributed by atoms with Gasteiger partial charge in [-0.1, -0.05) is 13.8 Å². The average molecular weight is 466 g/mol. The molecule has 1 aliphatic rings. The Bertz CT molecular complexity index is 973. The number of hydrogen-bond acceptors (Lipinski definition) is 6. The van der Waals surface area contributed by atoms with E-state index in [-0.39, 0.29) is 23.4 Å². The van der Waals surface area contributed by atoms with E-state index in [1.807, 2.05) is 6.92 Å². The number of rotatable bonds is 10. The Morgan fingerprint density at radius 1 is 1.26 bits per heavy atom. The van der Waals surface area contributed by atoms with Crippen molar-refractivity contribution in [2.24, 2.45) is 0 Å². The first-order valence-corrected chi connectivity index (χ1v) is 13.1. The van der Waals surface area contributed by atoms with E-state index in [0.717, 1.165) is 19.4 Å². The molecule has 0 aliphatic carbocycles. The summed E-state index contributed by atoms with van der Waals surface area (Å²) >= 11 is 1.67. The van der Waals surface area contributed by atoms with E-state index < -0.39 is 10.0 Å². The molecular weight excluding hydrogens is 434 g/mol. The summed E-state index contributed by atoms with van der Waals surface area (Å²) in [4.78, 5) is 15.0. The number of carbonyl (C=O) groups is 1. The minimum Gasteiger partial charge on any atom is -0.492 e. The monoisotopic (exact) mass is 465 g/mol. The Balaban J connectivity index is 1.77. The fourth-order valence-electron chi connectivity index (χ4n) is 4.01. The second-order valence-corrected chi connectivity index (χ2v) is 10.1. The maximum absolute atomic E-state index is 13.1. The van der Waals surface area contributed by atoms with Gasteiger partial charge < -0.3 is 10.1 Å². The predicted molar refractivity (Wildman–Crippen MR) is 124 cm³/mol. The number of anilines is 1. The highest BCUT2D eigenvalue weighted by molar-refractivity contribution is 7.89. The van der Waals surface area contributed by atoms with Gasteiger partial charge in [-0.25, -0.2) is 8.42 Å². The first-order chi connectivity index (χ1) is 14.9. The van der Waals surface area contributed by atoms with E-state index in [2.05, 4.69) is 27.0 Å². The summed E-state index contributed by atoms with van der Waals surface area (Å²) in [7, 11) is -3.73. The van der Waals surface area contributed by atoms with Crippen molar-refractivity contribution in [2.75, 3.05) is 38.1 Å². The molecule has 1 atom stereocenters. The molecule has 1 aromatic heterocycles. The Kier molecular flexibility index (Phi) is 8.10. The largest absolute Gasteiger partial charge is 0.492 e. The average Bonchev–Trinajstić information content (AvgIpc) is 3.41. The third-order valence-corrected chi connectivity index (χ3v) is 8.26. The molecule has 1 unspecified atom stereocenters. The maximum Gasteiger partial charge on any atom is 0.246 e. The summed E-state index contributed by atoms with van der Waals surface area (Å²) in [6.07, 6.45) is 2.10. The molecule has 31 heavy (non-hydrogen) atoms. The number of benzene rings is 1. The Labute approximate surface area is 189 Å². The molecule has 2 aromatic rings. The number of likely N-dealkylation sites (tertiary alicyclic amines) is 1. The van der Waals surface area contributed by atoms with Gasteiger partial charge in [-0.05, 0) is 66.9 Å². The van der Waals surface area contributed by atoms with Crippen LogP contribution in [0.2, 0.25) is 0 Å². The van der Waals surface area contributed by atoms with Gasteiger partial charge in [0.2, 0.25) is 15.9 Å². The summed E-state index contributed by atoms with van der Waals surface area (Å²) in [6, 6.07) is 7.17. The van der Waals surface area contributed by atoms with Crippen LogP contribution in [0.4, 0.5) is 5.69 Å². The summed E-state index contributed by atoms with van der Waals surface area (Å²) in [5.41, 5.74) is 1.70. The molecule has 2 heterocycles. The fourth-order valence-corrected chi connectivity index (χ4v) is 6.33. The van der Waals surface area contributed by atoms with Crippen molar-refractivity contribution in [1.29, 1.82) is 0 Å². The van der Waals surface area contributed by atoms with Crippen molar-refractivity contribution in [3.05, 3.63) is 40.6 Å². The lowest BCUT2D eigenvalue weighted by Crippen LogP contribution is -2.33. The Hall–Kier alpha value is -1.94. The van der Waals surface area contributed by atoms with E-state index in [1.165, 1.54) is 15.9 Å². The summed E-state index contributed by atoms with van der Waals surface area (Å²) in [5.74, 6) is 0.141. The van der Waals surface area contributed by atoms with Gasteiger partial charge in [-0.3, -0.25) is 9.69 Å². The summed E-state index contributed by atoms with van der Waals surface area (Å²) in [5, 5.41) is 7.07. The third-order valence-electron chi connectivity index (χ3n) is 5.49. The van der Waals surface area contributed by atoms with Gasteiger partial charge in [0.15, 0.2) is 0 Å². The van der Waals surface area contributed by atoms with Crippen molar-refractivity contribution >= 4 is 33.0 Å². The maximum atomic E-state index is 13.1. The van der Waals surface area contributed by atoms with Crippen LogP contribution in [0.1, 0.15) is 45.2 Å². The first kappa shape index (κ1) is 23.7. The van der Waals surface area contributed by atoms with Crippen molar-refractivity contribution in [2.45, 2.75) is 44.6 Å². The zero-order valence-electron chi connectivity index (χ0n) is 18.3. The van der Waals surface area contributed by atoms with Crippen molar-refractivity contribution in [1.82, 2.24) is 9.21 Å². The Morgan fingerprint density at radius 2 is 2.03 bits per heavy atom. The normalized spacial score (nSPS) is 17.2. The fraction of sp³-hybridized carbons (Fsp3) is 0.500. The van der Waals surface area contributed by atoms with Crippen molar-refractivity contribution < 1.29 is 17.9 Å². The standard InChI is InChI=1S/C22H31N3O4S2/c1-4-25(5-2)31(27,28)21-14-18(9-10-20(21)29-6-3)23-22(26)15-24-12-7-8-19(24)17-11-13-30-16-17/h9-11,13-14,16,19H,4-8,12,15H2,1-3H3,(H,23,26). The van der Waals surface area contributed by atoms with Gasteiger partial charge in [0.25, 0.3) is 0 Å². The van der Waals surface area contributed by atoms with Crippen molar-refractivity contribution in [3.8, 4) is 5.75 Å². The highest BCUT2D eigenvalue weighted by atomic mass is 32.2. The van der Waals surface area contributed by atoms with Gasteiger partial charge in [0.1, 0.15) is 10.6 Å². The number of hydrogen-bond donors (Lipinski definition) is 1. The number of sulfonamides is 1. The zero-order valence-corrected chi connectivity index (χ0v) is 20.0. The lowest BCUT2D eigenvalue weighted by atomic mass is 10.1. The lowest BCUT2D eigenvalue weighted by Gasteiger charge is -2.23. The molecule has 0 saturated carbocycles. The molecule has 7 nitrogen and oxygen atoms in total. The smallest absolute Gasteiger partial charge is 0.246 e.